The molecule has 120 valence electrons. The maximum Gasteiger partial charge on any atom is 0.00967 e. The third-order valence-corrected chi connectivity index (χ3v) is 4.71. The summed E-state index contributed by atoms with van der Waals surface area (Å²) in [5.41, 5.74) is 1.18. The van der Waals surface area contributed by atoms with Crippen LogP contribution in [0, 0.1) is 10.8 Å². The number of hydrogen-bond donors (Lipinski definition) is 1. The van der Waals surface area contributed by atoms with Crippen molar-refractivity contribution in [1.82, 2.24) is 10.2 Å². The van der Waals surface area contributed by atoms with Crippen molar-refractivity contribution in [2.45, 2.75) is 79.7 Å². The van der Waals surface area contributed by atoms with Gasteiger partial charge >= 0.3 is 0 Å². The molecule has 1 fully saturated rings. The molecule has 1 saturated heterocycles. The molecule has 1 aliphatic heterocycles. The van der Waals surface area contributed by atoms with Gasteiger partial charge in [-0.3, -0.25) is 0 Å². The number of piperidine rings is 1. The molecule has 0 saturated carbocycles. The third-order valence-electron chi connectivity index (χ3n) is 4.71. The maximum absolute atomic E-state index is 3.73. The number of nitrogens with zero attached hydrogens (tertiary/aromatic N) is 1. The number of likely N-dealkylation sites (tertiary alicyclic amines) is 1. The zero-order valence-corrected chi connectivity index (χ0v) is 15.1. The Morgan fingerprint density at radius 2 is 1.60 bits per heavy atom. The minimum Gasteiger partial charge on any atom is -0.311 e. The first-order valence-corrected chi connectivity index (χ1v) is 8.53. The van der Waals surface area contributed by atoms with Crippen LogP contribution in [0.3, 0.4) is 0 Å². The molecule has 0 aromatic carbocycles. The normalized spacial score (nSPS) is 23.6. The molecular formula is C18H38N2. The molecule has 2 nitrogen and oxygen atoms in total. The summed E-state index contributed by atoms with van der Waals surface area (Å²) in [6.07, 6.45) is 5.29. The van der Waals surface area contributed by atoms with Crippen molar-refractivity contribution >= 4 is 0 Å². The number of rotatable bonds is 6. The van der Waals surface area contributed by atoms with Crippen LogP contribution in [0.15, 0.2) is 0 Å². The highest BCUT2D eigenvalue weighted by Crippen LogP contribution is 2.32. The Morgan fingerprint density at radius 3 is 2.05 bits per heavy atom. The number of nitrogens with one attached hydrogen (secondary N) is 1. The van der Waals surface area contributed by atoms with Gasteiger partial charge in [0.25, 0.3) is 0 Å². The molecular weight excluding hydrogens is 244 g/mol. The Morgan fingerprint density at radius 1 is 1.05 bits per heavy atom. The van der Waals surface area contributed by atoms with Gasteiger partial charge < -0.3 is 10.2 Å². The lowest BCUT2D eigenvalue weighted by Crippen LogP contribution is -2.49. The Bertz CT molecular complexity index is 280. The van der Waals surface area contributed by atoms with E-state index in [1.165, 1.54) is 45.3 Å². The number of hydrogen-bond acceptors (Lipinski definition) is 2. The van der Waals surface area contributed by atoms with Gasteiger partial charge in [0.15, 0.2) is 0 Å². The van der Waals surface area contributed by atoms with Crippen molar-refractivity contribution in [2.75, 3.05) is 26.2 Å². The second-order valence-electron chi connectivity index (χ2n) is 9.10. The van der Waals surface area contributed by atoms with Crippen LogP contribution in [0.5, 0.6) is 0 Å². The summed E-state index contributed by atoms with van der Waals surface area (Å²) in [6, 6.07) is 0. The molecule has 0 radical (unpaired) electrons. The van der Waals surface area contributed by atoms with Gasteiger partial charge in [-0.05, 0) is 64.0 Å². The third kappa shape index (κ3) is 6.58. The molecule has 1 atom stereocenters. The first kappa shape index (κ1) is 18.0. The van der Waals surface area contributed by atoms with E-state index in [1.807, 2.05) is 0 Å². The SMILES string of the molecule is CCCC(C)(CNC(C)(C)C)CN1CCC(C)(C)CC1. The Labute approximate surface area is 127 Å². The first-order chi connectivity index (χ1) is 9.05. The van der Waals surface area contributed by atoms with Gasteiger partial charge in [-0.25, -0.2) is 0 Å². The molecule has 0 aliphatic carbocycles. The van der Waals surface area contributed by atoms with Crippen LogP contribution in [-0.2, 0) is 0 Å². The smallest absolute Gasteiger partial charge is 0.00967 e. The van der Waals surface area contributed by atoms with Crippen molar-refractivity contribution < 1.29 is 0 Å². The van der Waals surface area contributed by atoms with E-state index in [9.17, 15) is 0 Å². The second-order valence-corrected chi connectivity index (χ2v) is 9.10. The highest BCUT2D eigenvalue weighted by atomic mass is 15.1. The minimum absolute atomic E-state index is 0.221. The predicted octanol–water partition coefficient (Wildman–Crippen LogP) is 4.30. The maximum atomic E-state index is 3.73. The topological polar surface area (TPSA) is 15.3 Å². The van der Waals surface area contributed by atoms with Gasteiger partial charge in [0.05, 0.1) is 0 Å². The summed E-state index contributed by atoms with van der Waals surface area (Å²) in [6.45, 7) is 21.3. The van der Waals surface area contributed by atoms with Gasteiger partial charge in [-0.15, -0.1) is 0 Å². The van der Waals surface area contributed by atoms with Crippen LogP contribution in [0.1, 0.15) is 74.1 Å². The molecule has 0 amide bonds. The molecule has 1 N–H and O–H groups in total. The fraction of sp³-hybridized carbons (Fsp3) is 1.00. The lowest BCUT2D eigenvalue weighted by Gasteiger charge is -2.42. The molecule has 0 bridgehead atoms. The van der Waals surface area contributed by atoms with Gasteiger partial charge in [0.2, 0.25) is 0 Å². The van der Waals surface area contributed by atoms with Crippen LogP contribution < -0.4 is 5.32 Å². The van der Waals surface area contributed by atoms with Crippen molar-refractivity contribution in [2.24, 2.45) is 10.8 Å². The summed E-state index contributed by atoms with van der Waals surface area (Å²) < 4.78 is 0. The Kier molecular flexibility index (Phi) is 6.10. The average molecular weight is 283 g/mol. The molecule has 1 unspecified atom stereocenters. The summed E-state index contributed by atoms with van der Waals surface area (Å²) in [5, 5.41) is 3.73. The fourth-order valence-electron chi connectivity index (χ4n) is 3.16. The van der Waals surface area contributed by atoms with E-state index in [1.54, 1.807) is 0 Å². The van der Waals surface area contributed by atoms with E-state index in [2.05, 4.69) is 58.7 Å². The zero-order chi connectivity index (χ0) is 15.4. The quantitative estimate of drug-likeness (QED) is 0.781. The molecule has 20 heavy (non-hydrogen) atoms. The van der Waals surface area contributed by atoms with Crippen molar-refractivity contribution in [3.8, 4) is 0 Å². The van der Waals surface area contributed by atoms with Crippen molar-refractivity contribution in [3.05, 3.63) is 0 Å². The zero-order valence-electron chi connectivity index (χ0n) is 15.1. The highest BCUT2D eigenvalue weighted by Gasteiger charge is 2.31. The summed E-state index contributed by atoms with van der Waals surface area (Å²) in [7, 11) is 0. The molecule has 1 rings (SSSR count). The molecule has 0 aromatic rings. The van der Waals surface area contributed by atoms with Crippen LogP contribution in [0.2, 0.25) is 0 Å². The van der Waals surface area contributed by atoms with Crippen LogP contribution in [0.4, 0.5) is 0 Å². The lowest BCUT2D eigenvalue weighted by atomic mass is 9.80. The van der Waals surface area contributed by atoms with Gasteiger partial charge in [0.1, 0.15) is 0 Å². The van der Waals surface area contributed by atoms with Crippen LogP contribution >= 0.6 is 0 Å². The largest absolute Gasteiger partial charge is 0.311 e. The predicted molar refractivity (Wildman–Crippen MR) is 90.2 cm³/mol. The van der Waals surface area contributed by atoms with Gasteiger partial charge in [-0.1, -0.05) is 34.1 Å². The van der Waals surface area contributed by atoms with E-state index in [4.69, 9.17) is 0 Å². The molecule has 1 heterocycles. The first-order valence-electron chi connectivity index (χ1n) is 8.53. The Hall–Kier alpha value is -0.0800. The van der Waals surface area contributed by atoms with Gasteiger partial charge in [-0.2, -0.15) is 0 Å². The summed E-state index contributed by atoms with van der Waals surface area (Å²) in [5.74, 6) is 0. The van der Waals surface area contributed by atoms with Gasteiger partial charge in [0, 0.05) is 18.6 Å². The molecule has 2 heteroatoms. The van der Waals surface area contributed by atoms with E-state index in [0.29, 0.717) is 10.8 Å². The molecule has 1 aliphatic rings. The van der Waals surface area contributed by atoms with E-state index in [0.717, 1.165) is 6.54 Å². The summed E-state index contributed by atoms with van der Waals surface area (Å²) in [4.78, 5) is 2.70. The van der Waals surface area contributed by atoms with E-state index >= 15 is 0 Å². The lowest BCUT2D eigenvalue weighted by molar-refractivity contribution is 0.0804. The standard InChI is InChI=1S/C18H38N2/c1-8-9-18(7,14-19-16(2,3)4)15-20-12-10-17(5,6)11-13-20/h19H,8-15H2,1-7H3. The highest BCUT2D eigenvalue weighted by molar-refractivity contribution is 4.87. The van der Waals surface area contributed by atoms with E-state index in [-0.39, 0.29) is 5.54 Å². The Balaban J connectivity index is 2.53. The van der Waals surface area contributed by atoms with Crippen LogP contribution in [0.25, 0.3) is 0 Å². The van der Waals surface area contributed by atoms with Crippen molar-refractivity contribution in [1.29, 1.82) is 0 Å². The molecule has 0 spiro atoms. The summed E-state index contributed by atoms with van der Waals surface area (Å²) >= 11 is 0. The van der Waals surface area contributed by atoms with Crippen molar-refractivity contribution in [3.63, 3.8) is 0 Å². The second kappa shape index (κ2) is 6.79. The fourth-order valence-corrected chi connectivity index (χ4v) is 3.16. The molecule has 0 aromatic heterocycles. The van der Waals surface area contributed by atoms with Crippen LogP contribution in [-0.4, -0.2) is 36.6 Å². The average Bonchev–Trinajstić information content (AvgIpc) is 2.29. The minimum atomic E-state index is 0.221. The monoisotopic (exact) mass is 282 g/mol. The van der Waals surface area contributed by atoms with E-state index < -0.39 is 0 Å².